The smallest absolute Gasteiger partial charge is 0.316 e. The molecule has 0 spiro atoms. The number of hydrogen-bond donors (Lipinski definition) is 0. The molecule has 1 aromatic heterocycles. The summed E-state index contributed by atoms with van der Waals surface area (Å²) in [6.07, 6.45) is 8.85. The highest BCUT2D eigenvalue weighted by molar-refractivity contribution is 9.10. The van der Waals surface area contributed by atoms with E-state index in [0.717, 1.165) is 4.47 Å². The highest BCUT2D eigenvalue weighted by atomic mass is 79.9. The third-order valence-corrected chi connectivity index (χ3v) is 1.48. The van der Waals surface area contributed by atoms with Gasteiger partial charge < -0.3 is 4.74 Å². The number of terminal acetylenes is 1. The molecule has 0 saturated heterocycles. The molecule has 0 aliphatic heterocycles. The van der Waals surface area contributed by atoms with Gasteiger partial charge in [0.15, 0.2) is 0 Å². The molecule has 0 saturated carbocycles. The molecule has 0 bridgehead atoms. The van der Waals surface area contributed by atoms with Gasteiger partial charge in [0.05, 0.1) is 4.47 Å². The van der Waals surface area contributed by atoms with Gasteiger partial charge in [-0.1, -0.05) is 0 Å². The van der Waals surface area contributed by atoms with E-state index < -0.39 is 0 Å². The second-order valence-corrected chi connectivity index (χ2v) is 2.90. The summed E-state index contributed by atoms with van der Waals surface area (Å²) in [5.74, 6) is 2.46. The zero-order chi connectivity index (χ0) is 8.81. The van der Waals surface area contributed by atoms with E-state index in [2.05, 4.69) is 31.8 Å². The van der Waals surface area contributed by atoms with Crippen LogP contribution in [0.25, 0.3) is 0 Å². The van der Waals surface area contributed by atoms with E-state index in [-0.39, 0.29) is 0 Å². The largest absolute Gasteiger partial charge is 0.462 e. The van der Waals surface area contributed by atoms with Gasteiger partial charge in [0.2, 0.25) is 0 Å². The lowest BCUT2D eigenvalue weighted by molar-refractivity contribution is 0.300. The Balaban J connectivity index is 2.43. The molecule has 0 amide bonds. The molecule has 0 aliphatic rings. The van der Waals surface area contributed by atoms with Crippen LogP contribution in [0.4, 0.5) is 0 Å². The standard InChI is InChI=1S/C8H7BrN2O/c1-2-3-4-12-8-10-5-7(9)6-11-8/h1,5-6H,3-4H2. The van der Waals surface area contributed by atoms with E-state index >= 15 is 0 Å². The predicted molar refractivity (Wildman–Crippen MR) is 48.7 cm³/mol. The maximum absolute atomic E-state index is 5.12. The molecule has 0 atom stereocenters. The van der Waals surface area contributed by atoms with E-state index in [4.69, 9.17) is 11.2 Å². The summed E-state index contributed by atoms with van der Waals surface area (Å²) in [4.78, 5) is 7.80. The minimum atomic E-state index is 0.355. The van der Waals surface area contributed by atoms with Crippen molar-refractivity contribution in [3.63, 3.8) is 0 Å². The molecule has 62 valence electrons. The van der Waals surface area contributed by atoms with Crippen molar-refractivity contribution in [2.24, 2.45) is 0 Å². The molecular formula is C8H7BrN2O. The molecule has 0 unspecified atom stereocenters. The van der Waals surface area contributed by atoms with Gasteiger partial charge >= 0.3 is 6.01 Å². The van der Waals surface area contributed by atoms with Crippen molar-refractivity contribution < 1.29 is 4.74 Å². The molecule has 0 radical (unpaired) electrons. The summed E-state index contributed by atoms with van der Waals surface area (Å²) in [6.45, 7) is 0.456. The van der Waals surface area contributed by atoms with Crippen LogP contribution in [0.2, 0.25) is 0 Å². The van der Waals surface area contributed by atoms with Crippen molar-refractivity contribution >= 4 is 15.9 Å². The van der Waals surface area contributed by atoms with Crippen LogP contribution in [0.5, 0.6) is 6.01 Å². The minimum absolute atomic E-state index is 0.355. The Labute approximate surface area is 79.3 Å². The van der Waals surface area contributed by atoms with E-state index in [1.807, 2.05) is 0 Å². The van der Waals surface area contributed by atoms with Crippen molar-refractivity contribution in [3.8, 4) is 18.4 Å². The number of hydrogen-bond acceptors (Lipinski definition) is 3. The van der Waals surface area contributed by atoms with E-state index in [0.29, 0.717) is 19.0 Å². The lowest BCUT2D eigenvalue weighted by Gasteiger charge is -1.99. The van der Waals surface area contributed by atoms with Crippen LogP contribution in [0.1, 0.15) is 6.42 Å². The van der Waals surface area contributed by atoms with Crippen molar-refractivity contribution in [1.82, 2.24) is 9.97 Å². The summed E-state index contributed by atoms with van der Waals surface area (Å²) in [5, 5.41) is 0. The Morgan fingerprint density at radius 3 is 2.75 bits per heavy atom. The third-order valence-electron chi connectivity index (χ3n) is 1.07. The Morgan fingerprint density at radius 1 is 1.50 bits per heavy atom. The first-order valence-electron chi connectivity index (χ1n) is 3.36. The number of rotatable bonds is 3. The topological polar surface area (TPSA) is 35.0 Å². The number of nitrogens with zero attached hydrogens (tertiary/aromatic N) is 2. The molecule has 4 heteroatoms. The second kappa shape index (κ2) is 4.73. The van der Waals surface area contributed by atoms with Crippen molar-refractivity contribution in [2.75, 3.05) is 6.61 Å². The SMILES string of the molecule is C#CCCOc1ncc(Br)cn1. The molecule has 1 heterocycles. The molecule has 1 rings (SSSR count). The van der Waals surface area contributed by atoms with E-state index in [9.17, 15) is 0 Å². The molecular weight excluding hydrogens is 220 g/mol. The minimum Gasteiger partial charge on any atom is -0.462 e. The van der Waals surface area contributed by atoms with Crippen molar-refractivity contribution in [2.45, 2.75) is 6.42 Å². The van der Waals surface area contributed by atoms with Crippen molar-refractivity contribution in [1.29, 1.82) is 0 Å². The quantitative estimate of drug-likeness (QED) is 0.581. The predicted octanol–water partition coefficient (Wildman–Crippen LogP) is 1.64. The number of aromatic nitrogens is 2. The average Bonchev–Trinajstić information content (AvgIpc) is 2.09. The zero-order valence-electron chi connectivity index (χ0n) is 6.33. The molecule has 12 heavy (non-hydrogen) atoms. The van der Waals surface area contributed by atoms with Crippen molar-refractivity contribution in [3.05, 3.63) is 16.9 Å². The van der Waals surface area contributed by atoms with Gasteiger partial charge in [-0.3, -0.25) is 0 Å². The Hall–Kier alpha value is -1.08. The fraction of sp³-hybridized carbons (Fsp3) is 0.250. The fourth-order valence-electron chi connectivity index (χ4n) is 0.576. The lowest BCUT2D eigenvalue weighted by atomic mass is 10.5. The van der Waals surface area contributed by atoms with Crippen LogP contribution in [0.3, 0.4) is 0 Å². The number of ether oxygens (including phenoxy) is 1. The normalized spacial score (nSPS) is 9.00. The summed E-state index contributed by atoms with van der Waals surface area (Å²) in [5.41, 5.74) is 0. The molecule has 0 N–H and O–H groups in total. The fourth-order valence-corrected chi connectivity index (χ4v) is 0.781. The van der Waals surface area contributed by atoms with Crippen LogP contribution in [-0.4, -0.2) is 16.6 Å². The molecule has 1 aromatic rings. The van der Waals surface area contributed by atoms with Gasteiger partial charge in [-0.05, 0) is 15.9 Å². The summed E-state index contributed by atoms with van der Waals surface area (Å²) >= 11 is 3.21. The highest BCUT2D eigenvalue weighted by Gasteiger charge is 1.94. The summed E-state index contributed by atoms with van der Waals surface area (Å²) in [7, 11) is 0. The highest BCUT2D eigenvalue weighted by Crippen LogP contribution is 2.07. The average molecular weight is 227 g/mol. The molecule has 3 nitrogen and oxygen atoms in total. The van der Waals surface area contributed by atoms with Gasteiger partial charge in [-0.25, -0.2) is 9.97 Å². The second-order valence-electron chi connectivity index (χ2n) is 1.99. The van der Waals surface area contributed by atoms with Crippen LogP contribution >= 0.6 is 15.9 Å². The summed E-state index contributed by atoms with van der Waals surface area (Å²) < 4.78 is 5.94. The maximum Gasteiger partial charge on any atom is 0.316 e. The maximum atomic E-state index is 5.12. The first-order chi connectivity index (χ1) is 5.83. The third kappa shape index (κ3) is 2.89. The lowest BCUT2D eigenvalue weighted by Crippen LogP contribution is -1.99. The summed E-state index contributed by atoms with van der Waals surface area (Å²) in [6, 6.07) is 0.355. The Kier molecular flexibility index (Phi) is 3.55. The zero-order valence-corrected chi connectivity index (χ0v) is 7.91. The van der Waals surface area contributed by atoms with Gasteiger partial charge in [0.1, 0.15) is 6.61 Å². The van der Waals surface area contributed by atoms with Gasteiger partial charge in [0, 0.05) is 18.8 Å². The first kappa shape index (κ1) is 9.01. The number of halogens is 1. The van der Waals surface area contributed by atoms with Gasteiger partial charge in [-0.2, -0.15) is 0 Å². The van der Waals surface area contributed by atoms with Gasteiger partial charge in [-0.15, -0.1) is 12.3 Å². The Bertz CT molecular complexity index is 278. The van der Waals surface area contributed by atoms with Crippen LogP contribution in [-0.2, 0) is 0 Å². The van der Waals surface area contributed by atoms with Crippen LogP contribution in [0, 0.1) is 12.3 Å². The molecule has 0 aliphatic carbocycles. The monoisotopic (exact) mass is 226 g/mol. The molecule has 0 aromatic carbocycles. The first-order valence-corrected chi connectivity index (χ1v) is 4.16. The Morgan fingerprint density at radius 2 is 2.17 bits per heavy atom. The molecule has 0 fully saturated rings. The van der Waals surface area contributed by atoms with Crippen LogP contribution in [0.15, 0.2) is 16.9 Å². The van der Waals surface area contributed by atoms with E-state index in [1.54, 1.807) is 12.4 Å². The van der Waals surface area contributed by atoms with E-state index in [1.165, 1.54) is 0 Å². The van der Waals surface area contributed by atoms with Gasteiger partial charge in [0.25, 0.3) is 0 Å². The van der Waals surface area contributed by atoms with Crippen LogP contribution < -0.4 is 4.74 Å².